The van der Waals surface area contributed by atoms with Gasteiger partial charge in [0, 0.05) is 18.7 Å². The second kappa shape index (κ2) is 6.20. The van der Waals surface area contributed by atoms with Crippen LogP contribution in [-0.2, 0) is 6.42 Å². The molecule has 1 atom stereocenters. The van der Waals surface area contributed by atoms with E-state index in [1.807, 2.05) is 0 Å². The van der Waals surface area contributed by atoms with Crippen LogP contribution in [0.1, 0.15) is 18.7 Å². The Bertz CT molecular complexity index is 1000. The molecule has 0 spiro atoms. The predicted molar refractivity (Wildman–Crippen MR) is 94.5 cm³/mol. The Morgan fingerprint density at radius 1 is 1.36 bits per heavy atom. The zero-order chi connectivity index (χ0) is 17.6. The minimum atomic E-state index is -0.573. The molecule has 5 nitrogen and oxygen atoms in total. The number of hydrogen-bond donors (Lipinski definition) is 1. The highest BCUT2D eigenvalue weighted by atomic mass is 35.5. The third kappa shape index (κ3) is 2.92. The van der Waals surface area contributed by atoms with E-state index < -0.39 is 11.4 Å². The summed E-state index contributed by atoms with van der Waals surface area (Å²) in [4.78, 5) is 21.6. The van der Waals surface area contributed by atoms with Crippen molar-refractivity contribution in [1.82, 2.24) is 14.5 Å². The Kier molecular flexibility index (Phi) is 4.01. The number of rotatable bonds is 4. The highest BCUT2D eigenvalue weighted by Gasteiger charge is 2.30. The Balaban J connectivity index is 2.00. The molecule has 1 saturated carbocycles. The van der Waals surface area contributed by atoms with Gasteiger partial charge in [0.2, 0.25) is 0 Å². The number of halogens is 2. The molecule has 7 heteroatoms. The second-order valence-electron chi connectivity index (χ2n) is 6.34. The summed E-state index contributed by atoms with van der Waals surface area (Å²) in [7, 11) is 0. The van der Waals surface area contributed by atoms with Crippen LogP contribution >= 0.6 is 11.6 Å². The molecule has 1 aromatic carbocycles. The standard InChI is InChI=1S/C18H16ClFN4O/c19-12-5-6-13(20)17-16(12)18(25)24(11-2-1-7-22-9-11)15(23-17)8-14(21)10-3-4-10/h1-2,5-7,9-10,14H,3-4,8,21H2. The lowest BCUT2D eigenvalue weighted by Gasteiger charge is -2.17. The van der Waals surface area contributed by atoms with Gasteiger partial charge in [0.15, 0.2) is 0 Å². The summed E-state index contributed by atoms with van der Waals surface area (Å²) >= 11 is 6.15. The van der Waals surface area contributed by atoms with Gasteiger partial charge in [0.25, 0.3) is 5.56 Å². The van der Waals surface area contributed by atoms with Crippen LogP contribution in [0.4, 0.5) is 4.39 Å². The fraction of sp³-hybridized carbons (Fsp3) is 0.278. The minimum absolute atomic E-state index is 0.0179. The second-order valence-corrected chi connectivity index (χ2v) is 6.75. The molecule has 25 heavy (non-hydrogen) atoms. The van der Waals surface area contributed by atoms with E-state index in [-0.39, 0.29) is 22.0 Å². The smallest absolute Gasteiger partial charge is 0.267 e. The fourth-order valence-corrected chi connectivity index (χ4v) is 3.29. The lowest BCUT2D eigenvalue weighted by atomic mass is 10.1. The Morgan fingerprint density at radius 3 is 2.84 bits per heavy atom. The van der Waals surface area contributed by atoms with Crippen molar-refractivity contribution in [2.45, 2.75) is 25.3 Å². The minimum Gasteiger partial charge on any atom is -0.327 e. The number of benzene rings is 1. The van der Waals surface area contributed by atoms with Crippen LogP contribution in [0.3, 0.4) is 0 Å². The van der Waals surface area contributed by atoms with Crippen molar-refractivity contribution in [2.75, 3.05) is 0 Å². The van der Waals surface area contributed by atoms with Crippen molar-refractivity contribution in [3.8, 4) is 5.69 Å². The molecule has 0 amide bonds. The zero-order valence-electron chi connectivity index (χ0n) is 13.3. The van der Waals surface area contributed by atoms with Gasteiger partial charge in [-0.25, -0.2) is 9.37 Å². The molecule has 3 aromatic rings. The zero-order valence-corrected chi connectivity index (χ0v) is 14.1. The summed E-state index contributed by atoms with van der Waals surface area (Å²) in [6.45, 7) is 0. The summed E-state index contributed by atoms with van der Waals surface area (Å²) in [5.74, 6) is 0.279. The van der Waals surface area contributed by atoms with Gasteiger partial charge in [-0.2, -0.15) is 0 Å². The molecule has 128 valence electrons. The molecular weight excluding hydrogens is 343 g/mol. The van der Waals surface area contributed by atoms with Gasteiger partial charge in [0.05, 0.1) is 22.3 Å². The van der Waals surface area contributed by atoms with Gasteiger partial charge in [0.1, 0.15) is 17.2 Å². The van der Waals surface area contributed by atoms with Gasteiger partial charge in [-0.1, -0.05) is 11.6 Å². The molecule has 2 heterocycles. The molecule has 0 saturated heterocycles. The van der Waals surface area contributed by atoms with Gasteiger partial charge in [-0.05, 0) is 43.0 Å². The lowest BCUT2D eigenvalue weighted by molar-refractivity contribution is 0.564. The molecular formula is C18H16ClFN4O. The lowest BCUT2D eigenvalue weighted by Crippen LogP contribution is -2.31. The first-order chi connectivity index (χ1) is 12.1. The molecule has 1 aliphatic carbocycles. The molecule has 0 aliphatic heterocycles. The normalized spacial score (nSPS) is 15.5. The third-order valence-corrected chi connectivity index (χ3v) is 4.86. The highest BCUT2D eigenvalue weighted by Crippen LogP contribution is 2.33. The maximum atomic E-state index is 14.3. The number of hydrogen-bond acceptors (Lipinski definition) is 4. The average Bonchev–Trinajstić information content (AvgIpc) is 3.44. The fourth-order valence-electron chi connectivity index (χ4n) is 3.05. The summed E-state index contributed by atoms with van der Waals surface area (Å²) in [5.41, 5.74) is 6.35. The van der Waals surface area contributed by atoms with Gasteiger partial charge >= 0.3 is 0 Å². The van der Waals surface area contributed by atoms with Crippen LogP contribution in [0.25, 0.3) is 16.6 Å². The predicted octanol–water partition coefficient (Wildman–Crippen LogP) is 2.85. The van der Waals surface area contributed by atoms with Crippen molar-refractivity contribution in [1.29, 1.82) is 0 Å². The van der Waals surface area contributed by atoms with Crippen LogP contribution in [0, 0.1) is 11.7 Å². The summed E-state index contributed by atoms with van der Waals surface area (Å²) < 4.78 is 15.7. The first-order valence-corrected chi connectivity index (χ1v) is 8.49. The van der Waals surface area contributed by atoms with Crippen LogP contribution in [0.15, 0.2) is 41.5 Å². The Labute approximate surface area is 148 Å². The molecule has 1 unspecified atom stereocenters. The quantitative estimate of drug-likeness (QED) is 0.778. The van der Waals surface area contributed by atoms with E-state index >= 15 is 0 Å². The highest BCUT2D eigenvalue weighted by molar-refractivity contribution is 6.35. The van der Waals surface area contributed by atoms with Gasteiger partial charge < -0.3 is 5.73 Å². The first-order valence-electron chi connectivity index (χ1n) is 8.12. The summed E-state index contributed by atoms with van der Waals surface area (Å²) in [6.07, 6.45) is 5.72. The van der Waals surface area contributed by atoms with Crippen molar-refractivity contribution in [3.05, 3.63) is 63.7 Å². The SMILES string of the molecule is NC(Cc1nc2c(F)ccc(Cl)c2c(=O)n1-c1cccnc1)C1CC1. The van der Waals surface area contributed by atoms with Gasteiger partial charge in [-0.15, -0.1) is 0 Å². The maximum absolute atomic E-state index is 14.3. The van der Waals surface area contributed by atoms with Crippen molar-refractivity contribution >= 4 is 22.5 Å². The molecule has 1 aliphatic rings. The number of aromatic nitrogens is 3. The van der Waals surface area contributed by atoms with E-state index in [9.17, 15) is 9.18 Å². The van der Waals surface area contributed by atoms with Crippen LogP contribution in [0.2, 0.25) is 5.02 Å². The van der Waals surface area contributed by atoms with E-state index in [2.05, 4.69) is 9.97 Å². The number of fused-ring (bicyclic) bond motifs is 1. The number of nitrogens with two attached hydrogens (primary N) is 1. The molecule has 4 rings (SSSR count). The van der Waals surface area contributed by atoms with Gasteiger partial charge in [-0.3, -0.25) is 14.3 Å². The molecule has 0 radical (unpaired) electrons. The third-order valence-electron chi connectivity index (χ3n) is 4.54. The molecule has 1 fully saturated rings. The van der Waals surface area contributed by atoms with Crippen LogP contribution in [0.5, 0.6) is 0 Å². The number of nitrogens with zero attached hydrogens (tertiary/aromatic N) is 3. The van der Waals surface area contributed by atoms with Crippen molar-refractivity contribution in [2.24, 2.45) is 11.7 Å². The summed E-state index contributed by atoms with van der Waals surface area (Å²) in [6, 6.07) is 5.95. The molecule has 0 bridgehead atoms. The topological polar surface area (TPSA) is 73.8 Å². The monoisotopic (exact) mass is 358 g/mol. The maximum Gasteiger partial charge on any atom is 0.267 e. The van der Waals surface area contributed by atoms with E-state index in [1.54, 1.807) is 24.5 Å². The van der Waals surface area contributed by atoms with Crippen LogP contribution in [-0.4, -0.2) is 20.6 Å². The van der Waals surface area contributed by atoms with Crippen molar-refractivity contribution in [3.63, 3.8) is 0 Å². The van der Waals surface area contributed by atoms with E-state index in [4.69, 9.17) is 17.3 Å². The Morgan fingerprint density at radius 2 is 2.16 bits per heavy atom. The molecule has 2 N–H and O–H groups in total. The van der Waals surface area contributed by atoms with Crippen LogP contribution < -0.4 is 11.3 Å². The molecule has 2 aromatic heterocycles. The average molecular weight is 359 g/mol. The number of pyridine rings is 1. The first kappa shape index (κ1) is 16.2. The van der Waals surface area contributed by atoms with Crippen molar-refractivity contribution < 1.29 is 4.39 Å². The van der Waals surface area contributed by atoms with E-state index in [0.717, 1.165) is 12.8 Å². The van der Waals surface area contributed by atoms with E-state index in [0.29, 0.717) is 23.9 Å². The largest absolute Gasteiger partial charge is 0.327 e. The Hall–Kier alpha value is -2.31. The van der Waals surface area contributed by atoms with E-state index in [1.165, 1.54) is 16.7 Å². The summed E-state index contributed by atoms with van der Waals surface area (Å²) in [5, 5.41) is 0.235.